The number of hydrogen-bond acceptors (Lipinski definition) is 4. The van der Waals surface area contributed by atoms with E-state index in [9.17, 15) is 20.1 Å². The van der Waals surface area contributed by atoms with Crippen LogP contribution in [0, 0.1) is 0 Å². The van der Waals surface area contributed by atoms with Gasteiger partial charge in [-0.05, 0) is 40.2 Å². The minimum Gasteiger partial charge on any atom is -0.507 e. The molecule has 0 spiro atoms. The second-order valence-corrected chi connectivity index (χ2v) is 4.93. The Balaban J connectivity index is 2.29. The third kappa shape index (κ3) is 3.00. The number of phenols is 3. The zero-order chi connectivity index (χ0) is 14.7. The number of halogens is 1. The molecule has 3 N–H and O–H groups in total. The van der Waals surface area contributed by atoms with Gasteiger partial charge in [0.05, 0.1) is 10.0 Å². The van der Waals surface area contributed by atoms with Crippen LogP contribution in [0.25, 0.3) is 6.08 Å². The van der Waals surface area contributed by atoms with Gasteiger partial charge in [0.2, 0.25) is 0 Å². The van der Waals surface area contributed by atoms with E-state index in [1.54, 1.807) is 18.2 Å². The first kappa shape index (κ1) is 14.1. The van der Waals surface area contributed by atoms with Gasteiger partial charge in [-0.3, -0.25) is 4.79 Å². The topological polar surface area (TPSA) is 77.8 Å². The maximum atomic E-state index is 12.0. The molecule has 0 saturated heterocycles. The van der Waals surface area contributed by atoms with Crippen molar-refractivity contribution >= 4 is 27.8 Å². The van der Waals surface area contributed by atoms with Gasteiger partial charge in [0.1, 0.15) is 17.2 Å². The van der Waals surface area contributed by atoms with Crippen molar-refractivity contribution in [3.8, 4) is 17.2 Å². The predicted octanol–water partition coefficient (Wildman–Crippen LogP) is 3.46. The number of phenolic OH excluding ortho intramolecular Hbond substituents is 3. The summed E-state index contributed by atoms with van der Waals surface area (Å²) in [5, 5.41) is 28.6. The SMILES string of the molecule is O=C(/C=C/c1ccccc1O)c1cc(Br)c(O)cc1O. The fourth-order valence-electron chi connectivity index (χ4n) is 1.63. The molecule has 4 nitrogen and oxygen atoms in total. The minimum absolute atomic E-state index is 0.0568. The molecule has 2 aromatic carbocycles. The second-order valence-electron chi connectivity index (χ2n) is 4.08. The summed E-state index contributed by atoms with van der Waals surface area (Å²) >= 11 is 3.08. The van der Waals surface area contributed by atoms with Crippen LogP contribution in [0.15, 0.2) is 46.9 Å². The highest BCUT2D eigenvalue weighted by atomic mass is 79.9. The lowest BCUT2D eigenvalue weighted by atomic mass is 10.1. The molecular formula is C15H11BrO4. The molecule has 0 unspecified atom stereocenters. The fraction of sp³-hybridized carbons (Fsp3) is 0. The van der Waals surface area contributed by atoms with E-state index < -0.39 is 5.78 Å². The maximum Gasteiger partial charge on any atom is 0.189 e. The summed E-state index contributed by atoms with van der Waals surface area (Å²) in [7, 11) is 0. The Morgan fingerprint density at radius 3 is 2.40 bits per heavy atom. The molecule has 0 saturated carbocycles. The van der Waals surface area contributed by atoms with Gasteiger partial charge in [0, 0.05) is 11.6 Å². The largest absolute Gasteiger partial charge is 0.507 e. The van der Waals surface area contributed by atoms with Gasteiger partial charge in [0.25, 0.3) is 0 Å². The van der Waals surface area contributed by atoms with Crippen molar-refractivity contribution in [3.63, 3.8) is 0 Å². The molecule has 20 heavy (non-hydrogen) atoms. The first-order chi connectivity index (χ1) is 9.49. The van der Waals surface area contributed by atoms with E-state index in [4.69, 9.17) is 0 Å². The van der Waals surface area contributed by atoms with Crippen molar-refractivity contribution in [2.75, 3.05) is 0 Å². The Bertz CT molecular complexity index is 692. The Morgan fingerprint density at radius 2 is 1.70 bits per heavy atom. The van der Waals surface area contributed by atoms with E-state index in [0.717, 1.165) is 6.07 Å². The molecule has 0 amide bonds. The smallest absolute Gasteiger partial charge is 0.189 e. The zero-order valence-electron chi connectivity index (χ0n) is 10.2. The van der Waals surface area contributed by atoms with Crippen molar-refractivity contribution in [1.29, 1.82) is 0 Å². The normalized spacial score (nSPS) is 10.8. The number of allylic oxidation sites excluding steroid dienone is 1. The van der Waals surface area contributed by atoms with Crippen LogP contribution in [-0.4, -0.2) is 21.1 Å². The molecule has 0 fully saturated rings. The summed E-state index contributed by atoms with van der Waals surface area (Å²) in [6, 6.07) is 9.01. The number of carbonyl (C=O) groups is 1. The fourth-order valence-corrected chi connectivity index (χ4v) is 1.98. The van der Waals surface area contributed by atoms with E-state index in [-0.39, 0.29) is 22.8 Å². The molecule has 0 aliphatic rings. The van der Waals surface area contributed by atoms with Crippen LogP contribution < -0.4 is 0 Å². The summed E-state index contributed by atoms with van der Waals surface area (Å²) in [5.41, 5.74) is 0.555. The molecular weight excluding hydrogens is 324 g/mol. The Kier molecular flexibility index (Phi) is 4.10. The summed E-state index contributed by atoms with van der Waals surface area (Å²) in [6.45, 7) is 0. The average molecular weight is 335 g/mol. The van der Waals surface area contributed by atoms with Gasteiger partial charge in [-0.2, -0.15) is 0 Å². The number of ketones is 1. The Morgan fingerprint density at radius 1 is 1.00 bits per heavy atom. The van der Waals surface area contributed by atoms with Crippen LogP contribution in [-0.2, 0) is 0 Å². The van der Waals surface area contributed by atoms with Crippen molar-refractivity contribution in [2.24, 2.45) is 0 Å². The van der Waals surface area contributed by atoms with Gasteiger partial charge >= 0.3 is 0 Å². The molecule has 0 aliphatic carbocycles. The lowest BCUT2D eigenvalue weighted by molar-refractivity contribution is 0.104. The maximum absolute atomic E-state index is 12.0. The highest BCUT2D eigenvalue weighted by molar-refractivity contribution is 9.10. The number of aromatic hydroxyl groups is 3. The first-order valence-corrected chi connectivity index (χ1v) is 6.50. The van der Waals surface area contributed by atoms with Crippen molar-refractivity contribution < 1.29 is 20.1 Å². The van der Waals surface area contributed by atoms with Gasteiger partial charge in [0.15, 0.2) is 5.78 Å². The van der Waals surface area contributed by atoms with E-state index in [1.165, 1.54) is 24.3 Å². The first-order valence-electron chi connectivity index (χ1n) is 5.71. The standard InChI is InChI=1S/C15H11BrO4/c16-11-7-10(14(19)8-15(11)20)13(18)6-5-9-3-1-2-4-12(9)17/h1-8,17,19-20H/b6-5+. The second kappa shape index (κ2) is 5.79. The molecule has 0 heterocycles. The molecule has 5 heteroatoms. The van der Waals surface area contributed by atoms with Crippen LogP contribution in [0.3, 0.4) is 0 Å². The summed E-state index contributed by atoms with van der Waals surface area (Å²) < 4.78 is 0.314. The number of benzene rings is 2. The van der Waals surface area contributed by atoms with Crippen LogP contribution in [0.5, 0.6) is 17.2 Å². The molecule has 0 atom stereocenters. The van der Waals surface area contributed by atoms with E-state index in [0.29, 0.717) is 10.0 Å². The van der Waals surface area contributed by atoms with Crippen LogP contribution >= 0.6 is 15.9 Å². The number of rotatable bonds is 3. The molecule has 2 aromatic rings. The lowest BCUT2D eigenvalue weighted by Crippen LogP contribution is -1.95. The highest BCUT2D eigenvalue weighted by Gasteiger charge is 2.12. The molecule has 0 aromatic heterocycles. The van der Waals surface area contributed by atoms with Crippen LogP contribution in [0.2, 0.25) is 0 Å². The molecule has 102 valence electrons. The number of carbonyl (C=O) groups excluding carboxylic acids is 1. The van der Waals surface area contributed by atoms with Crippen molar-refractivity contribution in [1.82, 2.24) is 0 Å². The van der Waals surface area contributed by atoms with E-state index >= 15 is 0 Å². The van der Waals surface area contributed by atoms with Crippen LogP contribution in [0.4, 0.5) is 0 Å². The summed E-state index contributed by atoms with van der Waals surface area (Å²) in [5.74, 6) is -0.833. The van der Waals surface area contributed by atoms with E-state index in [2.05, 4.69) is 15.9 Å². The van der Waals surface area contributed by atoms with Crippen molar-refractivity contribution in [2.45, 2.75) is 0 Å². The predicted molar refractivity (Wildman–Crippen MR) is 78.9 cm³/mol. The van der Waals surface area contributed by atoms with Gasteiger partial charge in [-0.15, -0.1) is 0 Å². The molecule has 0 bridgehead atoms. The Hall–Kier alpha value is -2.27. The molecule has 0 aliphatic heterocycles. The minimum atomic E-state index is -0.438. The third-order valence-electron chi connectivity index (χ3n) is 2.68. The Labute approximate surface area is 123 Å². The van der Waals surface area contributed by atoms with Gasteiger partial charge in [-0.25, -0.2) is 0 Å². The average Bonchev–Trinajstić information content (AvgIpc) is 2.41. The monoisotopic (exact) mass is 334 g/mol. The zero-order valence-corrected chi connectivity index (χ0v) is 11.8. The quantitative estimate of drug-likeness (QED) is 0.593. The summed E-state index contributed by atoms with van der Waals surface area (Å²) in [4.78, 5) is 12.0. The van der Waals surface area contributed by atoms with E-state index in [1.807, 2.05) is 0 Å². The number of para-hydroxylation sites is 1. The van der Waals surface area contributed by atoms with Crippen LogP contribution in [0.1, 0.15) is 15.9 Å². The number of hydrogen-bond donors (Lipinski definition) is 3. The molecule has 0 radical (unpaired) electrons. The van der Waals surface area contributed by atoms with Gasteiger partial charge < -0.3 is 15.3 Å². The molecule has 2 rings (SSSR count). The van der Waals surface area contributed by atoms with Crippen molar-refractivity contribution in [3.05, 3.63) is 58.1 Å². The third-order valence-corrected chi connectivity index (χ3v) is 3.32. The highest BCUT2D eigenvalue weighted by Crippen LogP contribution is 2.31. The van der Waals surface area contributed by atoms with Gasteiger partial charge in [-0.1, -0.05) is 18.2 Å². The summed E-state index contributed by atoms with van der Waals surface area (Å²) in [6.07, 6.45) is 2.70. The lowest BCUT2D eigenvalue weighted by Gasteiger charge is -2.04.